The van der Waals surface area contributed by atoms with Gasteiger partial charge in [-0.3, -0.25) is 9.59 Å². The molecule has 1 heterocycles. The molecule has 0 fully saturated rings. The second-order valence-electron chi connectivity index (χ2n) is 5.34. The molecule has 4 nitrogen and oxygen atoms in total. The summed E-state index contributed by atoms with van der Waals surface area (Å²) in [5.74, 6) is -0.541. The van der Waals surface area contributed by atoms with Gasteiger partial charge in [0.2, 0.25) is 5.91 Å². The Bertz CT molecular complexity index is 778. The minimum atomic E-state index is -0.808. The average molecular weight is 349 g/mol. The summed E-state index contributed by atoms with van der Waals surface area (Å²) in [6, 6.07) is 12.1. The first kappa shape index (κ1) is 15.8. The second-order valence-corrected chi connectivity index (χ2v) is 6.15. The van der Waals surface area contributed by atoms with Crippen molar-refractivity contribution in [1.29, 1.82) is 0 Å². The van der Waals surface area contributed by atoms with E-state index in [1.807, 2.05) is 30.3 Å². The van der Waals surface area contributed by atoms with Gasteiger partial charge in [-0.25, -0.2) is 0 Å². The van der Waals surface area contributed by atoms with Crippen LogP contribution in [-0.2, 0) is 16.1 Å². The van der Waals surface area contributed by atoms with E-state index >= 15 is 0 Å². The van der Waals surface area contributed by atoms with Crippen LogP contribution in [0.1, 0.15) is 24.1 Å². The number of halogens is 2. The lowest BCUT2D eigenvalue weighted by molar-refractivity contribution is -0.126. The van der Waals surface area contributed by atoms with Crippen LogP contribution in [0, 0.1) is 0 Å². The maximum absolute atomic E-state index is 12.8. The minimum Gasteiger partial charge on any atom is -0.341 e. The zero-order chi connectivity index (χ0) is 16.6. The molecule has 0 aromatic heterocycles. The topological polar surface area (TPSA) is 49.4 Å². The smallest absolute Gasteiger partial charge is 0.254 e. The molecule has 2 aromatic carbocycles. The minimum absolute atomic E-state index is 0.242. The highest BCUT2D eigenvalue weighted by molar-refractivity contribution is 6.38. The van der Waals surface area contributed by atoms with E-state index in [0.29, 0.717) is 27.8 Å². The van der Waals surface area contributed by atoms with E-state index in [4.69, 9.17) is 23.2 Å². The molecule has 0 unspecified atom stereocenters. The zero-order valence-corrected chi connectivity index (χ0v) is 13.9. The number of anilines is 1. The number of carbonyl (C=O) groups is 2. The van der Waals surface area contributed by atoms with Gasteiger partial charge in [0.1, 0.15) is 6.04 Å². The number of hydrogen-bond donors (Lipinski definition) is 1. The molecule has 0 spiro atoms. The van der Waals surface area contributed by atoms with E-state index in [2.05, 4.69) is 5.32 Å². The van der Waals surface area contributed by atoms with Crippen molar-refractivity contribution in [2.45, 2.75) is 19.5 Å². The average Bonchev–Trinajstić information content (AvgIpc) is 2.78. The quantitative estimate of drug-likeness (QED) is 0.918. The van der Waals surface area contributed by atoms with Crippen molar-refractivity contribution in [3.8, 4) is 0 Å². The molecular formula is C17H14Cl2N2O2. The fourth-order valence-corrected chi connectivity index (χ4v) is 3.28. The summed E-state index contributed by atoms with van der Waals surface area (Å²) in [5, 5.41) is 3.50. The molecule has 6 heteroatoms. The number of carbonyl (C=O) groups excluding carboxylic acids is 2. The fourth-order valence-electron chi connectivity index (χ4n) is 2.76. The number of amides is 2. The molecule has 0 bridgehead atoms. The number of hydrogen-bond acceptors (Lipinski definition) is 2. The summed E-state index contributed by atoms with van der Waals surface area (Å²) in [7, 11) is 0. The van der Waals surface area contributed by atoms with Gasteiger partial charge in [-0.2, -0.15) is 0 Å². The van der Waals surface area contributed by atoms with Crippen molar-refractivity contribution in [1.82, 2.24) is 5.32 Å². The fraction of sp³-hybridized carbons (Fsp3) is 0.176. The van der Waals surface area contributed by atoms with E-state index in [-0.39, 0.29) is 11.8 Å². The Kier molecular flexibility index (Phi) is 4.28. The highest BCUT2D eigenvalue weighted by Crippen LogP contribution is 2.45. The first-order valence-electron chi connectivity index (χ1n) is 7.09. The van der Waals surface area contributed by atoms with Gasteiger partial charge in [-0.05, 0) is 17.7 Å². The summed E-state index contributed by atoms with van der Waals surface area (Å²) in [6.07, 6.45) is 0. The van der Waals surface area contributed by atoms with Gasteiger partial charge in [0, 0.05) is 17.5 Å². The van der Waals surface area contributed by atoms with Gasteiger partial charge < -0.3 is 10.2 Å². The highest BCUT2D eigenvalue weighted by Gasteiger charge is 2.40. The van der Waals surface area contributed by atoms with Crippen LogP contribution in [-0.4, -0.2) is 11.8 Å². The first-order chi connectivity index (χ1) is 11.0. The summed E-state index contributed by atoms with van der Waals surface area (Å²) in [6.45, 7) is 1.73. The molecule has 0 saturated heterocycles. The van der Waals surface area contributed by atoms with Gasteiger partial charge in [-0.1, -0.05) is 53.5 Å². The van der Waals surface area contributed by atoms with Crippen LogP contribution in [0.4, 0.5) is 5.69 Å². The molecular weight excluding hydrogens is 335 g/mol. The molecule has 1 aliphatic rings. The molecule has 2 aromatic rings. The summed E-state index contributed by atoms with van der Waals surface area (Å²) in [5.41, 5.74) is 2.08. The van der Waals surface area contributed by atoms with Crippen molar-refractivity contribution in [2.75, 3.05) is 4.90 Å². The Balaban J connectivity index is 2.07. The predicted molar refractivity (Wildman–Crippen MR) is 90.7 cm³/mol. The van der Waals surface area contributed by atoms with Gasteiger partial charge in [0.05, 0.1) is 17.3 Å². The third-order valence-electron chi connectivity index (χ3n) is 3.72. The summed E-state index contributed by atoms with van der Waals surface area (Å²) >= 11 is 12.6. The van der Waals surface area contributed by atoms with E-state index in [0.717, 1.165) is 5.56 Å². The van der Waals surface area contributed by atoms with Crippen molar-refractivity contribution in [3.63, 3.8) is 0 Å². The van der Waals surface area contributed by atoms with E-state index in [9.17, 15) is 9.59 Å². The van der Waals surface area contributed by atoms with Crippen LogP contribution in [0.2, 0.25) is 10.0 Å². The maximum Gasteiger partial charge on any atom is 0.254 e. The molecule has 2 amide bonds. The van der Waals surface area contributed by atoms with Gasteiger partial charge in [0.25, 0.3) is 5.91 Å². The van der Waals surface area contributed by atoms with Crippen LogP contribution >= 0.6 is 23.2 Å². The van der Waals surface area contributed by atoms with Crippen molar-refractivity contribution >= 4 is 40.7 Å². The monoisotopic (exact) mass is 348 g/mol. The Labute approximate surface area is 144 Å². The van der Waals surface area contributed by atoms with Crippen LogP contribution < -0.4 is 10.2 Å². The van der Waals surface area contributed by atoms with Gasteiger partial charge >= 0.3 is 0 Å². The number of rotatable bonds is 3. The van der Waals surface area contributed by atoms with Gasteiger partial charge in [-0.15, -0.1) is 0 Å². The summed E-state index contributed by atoms with van der Waals surface area (Å²) < 4.78 is 0. The molecule has 1 N–H and O–H groups in total. The Morgan fingerprint density at radius 1 is 1.13 bits per heavy atom. The zero-order valence-electron chi connectivity index (χ0n) is 12.3. The Morgan fingerprint density at radius 3 is 2.43 bits per heavy atom. The molecule has 0 saturated carbocycles. The molecule has 23 heavy (non-hydrogen) atoms. The SMILES string of the molecule is CC(=O)N[C@@H]1C(=O)N(Cc2ccccc2)c2c(Cl)ccc(Cl)c21. The third-order valence-corrected chi connectivity index (χ3v) is 4.35. The lowest BCUT2D eigenvalue weighted by Gasteiger charge is -2.19. The second kappa shape index (κ2) is 6.22. The van der Waals surface area contributed by atoms with E-state index in [1.54, 1.807) is 17.0 Å². The van der Waals surface area contributed by atoms with Crippen LogP contribution in [0.3, 0.4) is 0 Å². The largest absolute Gasteiger partial charge is 0.341 e. The van der Waals surface area contributed by atoms with Crippen LogP contribution in [0.25, 0.3) is 0 Å². The van der Waals surface area contributed by atoms with E-state index < -0.39 is 6.04 Å². The number of fused-ring (bicyclic) bond motifs is 1. The van der Waals surface area contributed by atoms with Crippen molar-refractivity contribution in [3.05, 3.63) is 63.6 Å². The van der Waals surface area contributed by atoms with Crippen molar-refractivity contribution in [2.24, 2.45) is 0 Å². The molecule has 0 aliphatic carbocycles. The lowest BCUT2D eigenvalue weighted by Crippen LogP contribution is -2.36. The van der Waals surface area contributed by atoms with E-state index in [1.165, 1.54) is 6.92 Å². The molecule has 0 radical (unpaired) electrons. The molecule has 1 atom stereocenters. The summed E-state index contributed by atoms with van der Waals surface area (Å²) in [4.78, 5) is 25.8. The third kappa shape index (κ3) is 2.92. The Hall–Kier alpha value is -2.04. The van der Waals surface area contributed by atoms with Crippen LogP contribution in [0.5, 0.6) is 0 Å². The lowest BCUT2D eigenvalue weighted by atomic mass is 10.1. The Morgan fingerprint density at radius 2 is 1.78 bits per heavy atom. The van der Waals surface area contributed by atoms with Crippen molar-refractivity contribution < 1.29 is 9.59 Å². The molecule has 118 valence electrons. The highest BCUT2D eigenvalue weighted by atomic mass is 35.5. The molecule has 1 aliphatic heterocycles. The number of nitrogens with one attached hydrogen (secondary N) is 1. The standard InChI is InChI=1S/C17H14Cl2N2O2/c1-10(22)20-15-14-12(18)7-8-13(19)16(14)21(17(15)23)9-11-5-3-2-4-6-11/h2-8,15H,9H2,1H3,(H,20,22)/t15-/m0/s1. The number of nitrogens with zero attached hydrogens (tertiary/aromatic N) is 1. The van der Waals surface area contributed by atoms with Crippen LogP contribution in [0.15, 0.2) is 42.5 Å². The predicted octanol–water partition coefficient (Wildman–Crippen LogP) is 3.72. The number of benzene rings is 2. The van der Waals surface area contributed by atoms with Gasteiger partial charge in [0.15, 0.2) is 0 Å². The molecule has 3 rings (SSSR count). The normalized spacial score (nSPS) is 16.4. The maximum atomic E-state index is 12.8. The first-order valence-corrected chi connectivity index (χ1v) is 7.85.